The Kier molecular flexibility index (Phi) is 2.55. The Bertz CT molecular complexity index is 798. The summed E-state index contributed by atoms with van der Waals surface area (Å²) >= 11 is 6.06. The quantitative estimate of drug-likeness (QED) is 0.734. The van der Waals surface area contributed by atoms with Crippen LogP contribution < -0.4 is 10.6 Å². The van der Waals surface area contributed by atoms with Crippen LogP contribution in [0, 0.1) is 0 Å². The van der Waals surface area contributed by atoms with Crippen molar-refractivity contribution in [2.75, 3.05) is 18.0 Å². The molecule has 2 N–H and O–H groups in total. The van der Waals surface area contributed by atoms with Crippen LogP contribution >= 0.6 is 11.6 Å². The SMILES string of the molecule is NC1CCN(c2nc3ccc(Cl)cc3n3cnnc23)C1. The highest BCUT2D eigenvalue weighted by atomic mass is 35.5. The predicted molar refractivity (Wildman–Crippen MR) is 78.1 cm³/mol. The molecular formula is C13H13ClN6. The van der Waals surface area contributed by atoms with E-state index in [4.69, 9.17) is 22.3 Å². The lowest BCUT2D eigenvalue weighted by atomic mass is 10.3. The van der Waals surface area contributed by atoms with E-state index in [2.05, 4.69) is 15.1 Å². The van der Waals surface area contributed by atoms with Gasteiger partial charge in [0.05, 0.1) is 11.0 Å². The molecule has 102 valence electrons. The molecule has 1 aromatic carbocycles. The molecule has 1 unspecified atom stereocenters. The van der Waals surface area contributed by atoms with Crippen molar-refractivity contribution in [3.63, 3.8) is 0 Å². The maximum atomic E-state index is 6.06. The zero-order valence-electron chi connectivity index (χ0n) is 10.7. The normalized spacial score (nSPS) is 19.3. The van der Waals surface area contributed by atoms with E-state index in [-0.39, 0.29) is 6.04 Å². The molecule has 2 aromatic heterocycles. The van der Waals surface area contributed by atoms with Gasteiger partial charge in [-0.15, -0.1) is 10.2 Å². The van der Waals surface area contributed by atoms with E-state index >= 15 is 0 Å². The Morgan fingerprint density at radius 1 is 1.35 bits per heavy atom. The van der Waals surface area contributed by atoms with Crippen molar-refractivity contribution < 1.29 is 0 Å². The third-order valence-electron chi connectivity index (χ3n) is 3.70. The van der Waals surface area contributed by atoms with Gasteiger partial charge in [0.2, 0.25) is 5.65 Å². The van der Waals surface area contributed by atoms with Crippen LogP contribution in [-0.4, -0.2) is 38.7 Å². The van der Waals surface area contributed by atoms with Gasteiger partial charge in [0.25, 0.3) is 0 Å². The lowest BCUT2D eigenvalue weighted by Gasteiger charge is -2.18. The number of aromatic nitrogens is 4. The van der Waals surface area contributed by atoms with Gasteiger partial charge < -0.3 is 10.6 Å². The second kappa shape index (κ2) is 4.29. The minimum atomic E-state index is 0.195. The van der Waals surface area contributed by atoms with Gasteiger partial charge in [-0.25, -0.2) is 4.98 Å². The fourth-order valence-electron chi connectivity index (χ4n) is 2.70. The van der Waals surface area contributed by atoms with Crippen molar-refractivity contribution in [2.24, 2.45) is 5.73 Å². The fourth-order valence-corrected chi connectivity index (χ4v) is 2.87. The summed E-state index contributed by atoms with van der Waals surface area (Å²) in [7, 11) is 0. The topological polar surface area (TPSA) is 72.3 Å². The van der Waals surface area contributed by atoms with Gasteiger partial charge in [0, 0.05) is 24.2 Å². The first kappa shape index (κ1) is 11.9. The molecule has 7 heteroatoms. The standard InChI is InChI=1S/C13H13ClN6/c14-8-1-2-10-11(5-8)20-7-16-18-13(20)12(17-10)19-4-3-9(15)6-19/h1-2,5,7,9H,3-4,6,15H2. The van der Waals surface area contributed by atoms with Crippen molar-refractivity contribution >= 4 is 34.1 Å². The minimum Gasteiger partial charge on any atom is -0.352 e. The summed E-state index contributed by atoms with van der Waals surface area (Å²) in [4.78, 5) is 6.89. The summed E-state index contributed by atoms with van der Waals surface area (Å²) in [6.45, 7) is 1.70. The predicted octanol–water partition coefficient (Wildman–Crippen LogP) is 1.47. The third kappa shape index (κ3) is 1.72. The number of benzene rings is 1. The van der Waals surface area contributed by atoms with Crippen LogP contribution in [0.5, 0.6) is 0 Å². The van der Waals surface area contributed by atoms with Crippen LogP contribution in [0.1, 0.15) is 6.42 Å². The van der Waals surface area contributed by atoms with Crippen LogP contribution in [-0.2, 0) is 0 Å². The summed E-state index contributed by atoms with van der Waals surface area (Å²) in [5, 5.41) is 8.87. The summed E-state index contributed by atoms with van der Waals surface area (Å²) in [5.41, 5.74) is 8.51. The smallest absolute Gasteiger partial charge is 0.204 e. The van der Waals surface area contributed by atoms with E-state index in [1.807, 2.05) is 22.6 Å². The lowest BCUT2D eigenvalue weighted by Crippen LogP contribution is -2.27. The van der Waals surface area contributed by atoms with Crippen LogP contribution in [0.3, 0.4) is 0 Å². The van der Waals surface area contributed by atoms with E-state index in [1.165, 1.54) is 0 Å². The number of anilines is 1. The average molecular weight is 289 g/mol. The molecule has 0 spiro atoms. The van der Waals surface area contributed by atoms with Gasteiger partial charge in [-0.1, -0.05) is 11.6 Å². The molecule has 20 heavy (non-hydrogen) atoms. The van der Waals surface area contributed by atoms with E-state index in [0.717, 1.165) is 42.0 Å². The van der Waals surface area contributed by atoms with Crippen LogP contribution in [0.15, 0.2) is 24.5 Å². The van der Waals surface area contributed by atoms with Crippen LogP contribution in [0.4, 0.5) is 5.82 Å². The second-order valence-electron chi connectivity index (χ2n) is 5.09. The van der Waals surface area contributed by atoms with Gasteiger partial charge in [0.15, 0.2) is 5.82 Å². The van der Waals surface area contributed by atoms with Crippen molar-refractivity contribution in [3.05, 3.63) is 29.5 Å². The van der Waals surface area contributed by atoms with Crippen LogP contribution in [0.2, 0.25) is 5.02 Å². The highest BCUT2D eigenvalue weighted by molar-refractivity contribution is 6.31. The van der Waals surface area contributed by atoms with E-state index in [1.54, 1.807) is 6.33 Å². The molecule has 1 saturated heterocycles. The van der Waals surface area contributed by atoms with Gasteiger partial charge in [-0.3, -0.25) is 4.40 Å². The maximum absolute atomic E-state index is 6.06. The molecule has 6 nitrogen and oxygen atoms in total. The summed E-state index contributed by atoms with van der Waals surface area (Å²) in [6, 6.07) is 5.82. The Labute approximate surface area is 120 Å². The molecule has 1 aliphatic heterocycles. The summed E-state index contributed by atoms with van der Waals surface area (Å²) < 4.78 is 1.92. The first-order valence-electron chi connectivity index (χ1n) is 6.52. The van der Waals surface area contributed by atoms with Crippen molar-refractivity contribution in [1.82, 2.24) is 19.6 Å². The molecule has 3 heterocycles. The van der Waals surface area contributed by atoms with E-state index < -0.39 is 0 Å². The van der Waals surface area contributed by atoms with Gasteiger partial charge >= 0.3 is 0 Å². The van der Waals surface area contributed by atoms with Gasteiger partial charge in [0.1, 0.15) is 6.33 Å². The highest BCUT2D eigenvalue weighted by Crippen LogP contribution is 2.27. The van der Waals surface area contributed by atoms with Gasteiger partial charge in [-0.2, -0.15) is 0 Å². The Balaban J connectivity index is 2.00. The Morgan fingerprint density at radius 3 is 3.05 bits per heavy atom. The Hall–Kier alpha value is -1.92. The molecule has 0 saturated carbocycles. The number of halogens is 1. The number of nitrogens with zero attached hydrogens (tertiary/aromatic N) is 5. The number of fused-ring (bicyclic) bond motifs is 3. The first-order chi connectivity index (χ1) is 9.72. The molecule has 3 aromatic rings. The molecule has 4 rings (SSSR count). The molecule has 1 fully saturated rings. The molecule has 0 amide bonds. The molecule has 1 atom stereocenters. The second-order valence-corrected chi connectivity index (χ2v) is 5.52. The third-order valence-corrected chi connectivity index (χ3v) is 3.93. The molecule has 0 radical (unpaired) electrons. The Morgan fingerprint density at radius 2 is 2.25 bits per heavy atom. The number of hydrogen-bond donors (Lipinski definition) is 1. The average Bonchev–Trinajstić information content (AvgIpc) is 3.07. The molecule has 0 bridgehead atoms. The summed E-state index contributed by atoms with van der Waals surface area (Å²) in [5.74, 6) is 0.838. The summed E-state index contributed by atoms with van der Waals surface area (Å²) in [6.07, 6.45) is 2.66. The van der Waals surface area contributed by atoms with E-state index in [9.17, 15) is 0 Å². The zero-order valence-corrected chi connectivity index (χ0v) is 11.5. The van der Waals surface area contributed by atoms with E-state index in [0.29, 0.717) is 5.02 Å². The molecule has 1 aliphatic rings. The van der Waals surface area contributed by atoms with Crippen LogP contribution in [0.25, 0.3) is 16.7 Å². The van der Waals surface area contributed by atoms with Crippen molar-refractivity contribution in [1.29, 1.82) is 0 Å². The minimum absolute atomic E-state index is 0.195. The maximum Gasteiger partial charge on any atom is 0.204 e. The largest absolute Gasteiger partial charge is 0.352 e. The zero-order chi connectivity index (χ0) is 13.7. The molecule has 0 aliphatic carbocycles. The molecular weight excluding hydrogens is 276 g/mol. The number of rotatable bonds is 1. The van der Waals surface area contributed by atoms with Gasteiger partial charge in [-0.05, 0) is 24.6 Å². The fraction of sp³-hybridized carbons (Fsp3) is 0.308. The lowest BCUT2D eigenvalue weighted by molar-refractivity contribution is 0.751. The highest BCUT2D eigenvalue weighted by Gasteiger charge is 2.24. The number of nitrogens with two attached hydrogens (primary N) is 1. The van der Waals surface area contributed by atoms with Crippen molar-refractivity contribution in [2.45, 2.75) is 12.5 Å². The van der Waals surface area contributed by atoms with Crippen molar-refractivity contribution in [3.8, 4) is 0 Å². The first-order valence-corrected chi connectivity index (χ1v) is 6.90. The monoisotopic (exact) mass is 288 g/mol. The number of hydrogen-bond acceptors (Lipinski definition) is 5.